The molecule has 202 valence electrons. The Balaban J connectivity index is 2.05. The quantitative estimate of drug-likeness (QED) is 0.325. The van der Waals surface area contributed by atoms with Crippen molar-refractivity contribution >= 4 is 62.3 Å². The monoisotopic (exact) mass is 595 g/mol. The Hall–Kier alpha value is -2.78. The molecule has 11 heteroatoms. The number of carbonyl (C=O) groups excluding carboxylic acids is 2. The summed E-state index contributed by atoms with van der Waals surface area (Å²) in [5.41, 5.74) is 1.68. The van der Waals surface area contributed by atoms with E-state index in [4.69, 9.17) is 34.8 Å². The van der Waals surface area contributed by atoms with E-state index in [9.17, 15) is 18.0 Å². The predicted octanol–water partition coefficient (Wildman–Crippen LogP) is 5.70. The summed E-state index contributed by atoms with van der Waals surface area (Å²) < 4.78 is 28.6. The van der Waals surface area contributed by atoms with Gasteiger partial charge in [-0.1, -0.05) is 53.0 Å². The van der Waals surface area contributed by atoms with Crippen molar-refractivity contribution in [3.8, 4) is 0 Å². The van der Waals surface area contributed by atoms with Crippen molar-refractivity contribution < 1.29 is 18.0 Å². The minimum Gasteiger partial charge on any atom is -0.355 e. The van der Waals surface area contributed by atoms with E-state index >= 15 is 0 Å². The van der Waals surface area contributed by atoms with E-state index in [-0.39, 0.29) is 17.3 Å². The first-order valence-electron chi connectivity index (χ1n) is 11.8. The van der Waals surface area contributed by atoms with Gasteiger partial charge in [-0.2, -0.15) is 0 Å². The molecule has 0 aromatic heterocycles. The number of hydrogen-bond donors (Lipinski definition) is 1. The summed E-state index contributed by atoms with van der Waals surface area (Å²) in [5, 5.41) is 3.84. The topological polar surface area (TPSA) is 86.8 Å². The SMILES string of the molecule is CCNC(=O)[C@@H](C)N(Cc1ccc(Cl)cc1Cl)C(=O)CN(c1cccc(C)c1)S(=O)(=O)c1ccc(Cl)cc1. The number of halogens is 3. The second-order valence-electron chi connectivity index (χ2n) is 8.63. The van der Waals surface area contributed by atoms with Gasteiger partial charge in [0.15, 0.2) is 0 Å². The third-order valence-electron chi connectivity index (χ3n) is 5.84. The molecule has 0 spiro atoms. The molecule has 0 bridgehead atoms. The third kappa shape index (κ3) is 7.20. The minimum absolute atomic E-state index is 0.0275. The Labute approximate surface area is 238 Å². The maximum Gasteiger partial charge on any atom is 0.264 e. The van der Waals surface area contributed by atoms with Gasteiger partial charge in [0.2, 0.25) is 11.8 Å². The molecular formula is C27H28Cl3N3O4S. The van der Waals surface area contributed by atoms with Gasteiger partial charge in [0, 0.05) is 28.2 Å². The molecule has 2 amide bonds. The van der Waals surface area contributed by atoms with Crippen molar-refractivity contribution in [2.45, 2.75) is 38.3 Å². The number of aryl methyl sites for hydroxylation is 1. The number of nitrogens with one attached hydrogen (secondary N) is 1. The van der Waals surface area contributed by atoms with Crippen LogP contribution in [0, 0.1) is 6.92 Å². The molecule has 1 N–H and O–H groups in total. The van der Waals surface area contributed by atoms with Gasteiger partial charge in [0.1, 0.15) is 12.6 Å². The van der Waals surface area contributed by atoms with Gasteiger partial charge in [0.25, 0.3) is 10.0 Å². The molecule has 7 nitrogen and oxygen atoms in total. The van der Waals surface area contributed by atoms with E-state index in [1.807, 2.05) is 13.0 Å². The lowest BCUT2D eigenvalue weighted by Crippen LogP contribution is -2.51. The lowest BCUT2D eigenvalue weighted by atomic mass is 10.1. The van der Waals surface area contributed by atoms with E-state index < -0.39 is 28.5 Å². The molecule has 3 rings (SSSR count). The average molecular weight is 597 g/mol. The average Bonchev–Trinajstić information content (AvgIpc) is 2.86. The maximum absolute atomic E-state index is 13.8. The number of sulfonamides is 1. The number of rotatable bonds is 10. The van der Waals surface area contributed by atoms with Crippen LogP contribution < -0.4 is 9.62 Å². The van der Waals surface area contributed by atoms with Crippen LogP contribution >= 0.6 is 34.8 Å². The molecule has 0 unspecified atom stereocenters. The Morgan fingerprint density at radius 3 is 2.21 bits per heavy atom. The fourth-order valence-corrected chi connectivity index (χ4v) is 5.78. The fourth-order valence-electron chi connectivity index (χ4n) is 3.78. The van der Waals surface area contributed by atoms with Gasteiger partial charge < -0.3 is 10.2 Å². The first kappa shape index (κ1) is 29.8. The van der Waals surface area contributed by atoms with Crippen LogP contribution in [0.4, 0.5) is 5.69 Å². The van der Waals surface area contributed by atoms with Crippen LogP contribution in [0.25, 0.3) is 0 Å². The van der Waals surface area contributed by atoms with Crippen LogP contribution in [-0.4, -0.2) is 44.3 Å². The molecule has 0 aliphatic rings. The first-order valence-corrected chi connectivity index (χ1v) is 14.4. The number of hydrogen-bond acceptors (Lipinski definition) is 4. The zero-order valence-corrected chi connectivity index (χ0v) is 24.2. The lowest BCUT2D eigenvalue weighted by molar-refractivity contribution is -0.139. The highest BCUT2D eigenvalue weighted by atomic mass is 35.5. The standard InChI is InChI=1S/C27H28Cl3N3O4S/c1-4-31-27(35)19(3)32(16-20-8-9-22(29)15-25(20)30)26(34)17-33(23-7-5-6-18(2)14-23)38(36,37)24-12-10-21(28)11-13-24/h5-15,19H,4,16-17H2,1-3H3,(H,31,35)/t19-/m1/s1. The number of amides is 2. The van der Waals surface area contributed by atoms with Gasteiger partial charge in [-0.15, -0.1) is 0 Å². The van der Waals surface area contributed by atoms with Crippen molar-refractivity contribution in [3.63, 3.8) is 0 Å². The Kier molecular flexibility index (Phi) is 10.1. The zero-order chi connectivity index (χ0) is 28.0. The molecule has 0 radical (unpaired) electrons. The Bertz CT molecular complexity index is 1420. The predicted molar refractivity (Wildman–Crippen MR) is 152 cm³/mol. The largest absolute Gasteiger partial charge is 0.355 e. The summed E-state index contributed by atoms with van der Waals surface area (Å²) in [6.07, 6.45) is 0. The van der Waals surface area contributed by atoms with Crippen LogP contribution in [0.3, 0.4) is 0 Å². The van der Waals surface area contributed by atoms with Gasteiger partial charge in [0.05, 0.1) is 10.6 Å². The van der Waals surface area contributed by atoms with Crippen molar-refractivity contribution in [1.29, 1.82) is 0 Å². The fraction of sp³-hybridized carbons (Fsp3) is 0.259. The number of nitrogens with zero attached hydrogens (tertiary/aromatic N) is 2. The van der Waals surface area contributed by atoms with Gasteiger partial charge in [-0.25, -0.2) is 8.42 Å². The number of anilines is 1. The number of benzene rings is 3. The molecule has 0 saturated heterocycles. The molecular weight excluding hydrogens is 569 g/mol. The molecule has 0 heterocycles. The second-order valence-corrected chi connectivity index (χ2v) is 11.8. The van der Waals surface area contributed by atoms with Crippen molar-refractivity contribution in [2.24, 2.45) is 0 Å². The molecule has 38 heavy (non-hydrogen) atoms. The summed E-state index contributed by atoms with van der Waals surface area (Å²) in [6, 6.07) is 16.5. The van der Waals surface area contributed by atoms with Crippen LogP contribution in [0.2, 0.25) is 15.1 Å². The lowest BCUT2D eigenvalue weighted by Gasteiger charge is -2.32. The Morgan fingerprint density at radius 1 is 0.947 bits per heavy atom. The van der Waals surface area contributed by atoms with E-state index in [0.717, 1.165) is 9.87 Å². The van der Waals surface area contributed by atoms with Crippen molar-refractivity contribution in [3.05, 3.63) is 92.9 Å². The van der Waals surface area contributed by atoms with Crippen LogP contribution in [0.15, 0.2) is 71.6 Å². The summed E-state index contributed by atoms with van der Waals surface area (Å²) in [5.74, 6) is -0.970. The summed E-state index contributed by atoms with van der Waals surface area (Å²) in [7, 11) is -4.18. The highest BCUT2D eigenvalue weighted by molar-refractivity contribution is 7.92. The number of likely N-dealkylation sites (N-methyl/N-ethyl adjacent to an activating group) is 1. The van der Waals surface area contributed by atoms with Crippen molar-refractivity contribution in [1.82, 2.24) is 10.2 Å². The third-order valence-corrected chi connectivity index (χ3v) is 8.47. The Morgan fingerprint density at radius 2 is 1.61 bits per heavy atom. The minimum atomic E-state index is -4.18. The molecule has 3 aromatic rings. The molecule has 0 fully saturated rings. The molecule has 0 aliphatic heterocycles. The van der Waals surface area contributed by atoms with Gasteiger partial charge in [-0.05, 0) is 80.4 Å². The summed E-state index contributed by atoms with van der Waals surface area (Å²) in [6.45, 7) is 4.96. The van der Waals surface area contributed by atoms with E-state index in [2.05, 4.69) is 5.32 Å². The van der Waals surface area contributed by atoms with E-state index in [1.54, 1.807) is 50.2 Å². The maximum atomic E-state index is 13.8. The smallest absolute Gasteiger partial charge is 0.264 e. The normalized spacial score (nSPS) is 12.1. The molecule has 0 aliphatic carbocycles. The highest BCUT2D eigenvalue weighted by Crippen LogP contribution is 2.27. The highest BCUT2D eigenvalue weighted by Gasteiger charge is 2.32. The molecule has 3 aromatic carbocycles. The summed E-state index contributed by atoms with van der Waals surface area (Å²) >= 11 is 18.4. The second kappa shape index (κ2) is 12.8. The van der Waals surface area contributed by atoms with Crippen molar-refractivity contribution in [2.75, 3.05) is 17.4 Å². The van der Waals surface area contributed by atoms with E-state index in [0.29, 0.717) is 32.9 Å². The van der Waals surface area contributed by atoms with Gasteiger partial charge in [-0.3, -0.25) is 13.9 Å². The van der Waals surface area contributed by atoms with Crippen LogP contribution in [0.1, 0.15) is 25.0 Å². The molecule has 0 saturated carbocycles. The zero-order valence-electron chi connectivity index (χ0n) is 21.1. The summed E-state index contributed by atoms with van der Waals surface area (Å²) in [4.78, 5) is 27.9. The van der Waals surface area contributed by atoms with Crippen LogP contribution in [-0.2, 0) is 26.2 Å². The number of carbonyl (C=O) groups is 2. The first-order chi connectivity index (χ1) is 17.9. The van der Waals surface area contributed by atoms with Crippen LogP contribution in [0.5, 0.6) is 0 Å². The van der Waals surface area contributed by atoms with E-state index in [1.165, 1.54) is 29.2 Å². The molecule has 1 atom stereocenters. The van der Waals surface area contributed by atoms with Gasteiger partial charge >= 0.3 is 0 Å².